The topological polar surface area (TPSA) is 64.3 Å². The Morgan fingerprint density at radius 2 is 1.95 bits per heavy atom. The third-order valence-corrected chi connectivity index (χ3v) is 4.06. The van der Waals surface area contributed by atoms with Crippen LogP contribution in [0.5, 0.6) is 0 Å². The zero-order chi connectivity index (χ0) is 15.3. The van der Waals surface area contributed by atoms with Crippen LogP contribution in [0.2, 0.25) is 0 Å². The molecule has 1 unspecified atom stereocenters. The number of nitrogens with two attached hydrogens (primary N) is 1. The molecule has 0 saturated heterocycles. The maximum absolute atomic E-state index is 12.2. The third kappa shape index (κ3) is 3.83. The zero-order valence-electron chi connectivity index (χ0n) is 13.0. The molecule has 1 fully saturated rings. The number of benzene rings is 1. The van der Waals surface area contributed by atoms with E-state index in [1.54, 1.807) is 0 Å². The van der Waals surface area contributed by atoms with E-state index in [1.165, 1.54) is 12.8 Å². The monoisotopic (exact) mass is 290 g/mol. The lowest BCUT2D eigenvalue weighted by atomic mass is 9.89. The molecular weight excluding hydrogens is 264 g/mol. The SMILES string of the molecule is CC(C)NC(COC1CCCC1)(C(N)=O)c1ccccc1. The molecule has 1 saturated carbocycles. The fourth-order valence-corrected chi connectivity index (χ4v) is 3.01. The predicted molar refractivity (Wildman–Crippen MR) is 83.8 cm³/mol. The summed E-state index contributed by atoms with van der Waals surface area (Å²) in [4.78, 5) is 12.2. The van der Waals surface area contributed by atoms with Crippen molar-refractivity contribution in [2.24, 2.45) is 5.73 Å². The van der Waals surface area contributed by atoms with Gasteiger partial charge in [0.15, 0.2) is 0 Å². The number of primary amides is 1. The lowest BCUT2D eigenvalue weighted by Gasteiger charge is -2.35. The van der Waals surface area contributed by atoms with Gasteiger partial charge < -0.3 is 10.5 Å². The molecule has 3 N–H and O–H groups in total. The number of carbonyl (C=O) groups is 1. The molecule has 0 aromatic heterocycles. The quantitative estimate of drug-likeness (QED) is 0.810. The van der Waals surface area contributed by atoms with Gasteiger partial charge in [0.1, 0.15) is 5.54 Å². The lowest BCUT2D eigenvalue weighted by molar-refractivity contribution is -0.129. The fourth-order valence-electron chi connectivity index (χ4n) is 3.01. The Bertz CT molecular complexity index is 455. The molecule has 0 radical (unpaired) electrons. The number of carbonyl (C=O) groups excluding carboxylic acids is 1. The molecule has 0 aliphatic heterocycles. The Labute approximate surface area is 127 Å². The number of nitrogens with one attached hydrogen (secondary N) is 1. The van der Waals surface area contributed by atoms with E-state index in [9.17, 15) is 4.79 Å². The highest BCUT2D eigenvalue weighted by Gasteiger charge is 2.40. The molecule has 1 atom stereocenters. The average Bonchev–Trinajstić information content (AvgIpc) is 2.97. The Hall–Kier alpha value is -1.39. The summed E-state index contributed by atoms with van der Waals surface area (Å²) < 4.78 is 6.02. The zero-order valence-corrected chi connectivity index (χ0v) is 13.0. The molecule has 4 nitrogen and oxygen atoms in total. The Morgan fingerprint density at radius 3 is 2.48 bits per heavy atom. The summed E-state index contributed by atoms with van der Waals surface area (Å²) in [7, 11) is 0. The van der Waals surface area contributed by atoms with Crippen molar-refractivity contribution in [2.45, 2.75) is 57.2 Å². The molecule has 1 amide bonds. The first-order chi connectivity index (χ1) is 10.0. The normalized spacial score (nSPS) is 18.8. The number of rotatable bonds is 7. The second-order valence-electron chi connectivity index (χ2n) is 6.15. The van der Waals surface area contributed by atoms with Gasteiger partial charge in [-0.15, -0.1) is 0 Å². The third-order valence-electron chi connectivity index (χ3n) is 4.06. The molecule has 1 aromatic carbocycles. The first-order valence-electron chi connectivity index (χ1n) is 7.79. The van der Waals surface area contributed by atoms with Gasteiger partial charge in [-0.1, -0.05) is 43.2 Å². The standard InChI is InChI=1S/C17H26N2O2/c1-13(2)19-17(16(18)20,14-8-4-3-5-9-14)12-21-15-10-6-7-11-15/h3-5,8-9,13,15,19H,6-7,10-12H2,1-2H3,(H2,18,20). The molecule has 1 aliphatic rings. The lowest BCUT2D eigenvalue weighted by Crippen LogP contribution is -2.58. The van der Waals surface area contributed by atoms with Crippen molar-refractivity contribution in [3.05, 3.63) is 35.9 Å². The minimum atomic E-state index is -0.960. The molecule has 4 heteroatoms. The van der Waals surface area contributed by atoms with E-state index in [2.05, 4.69) is 5.32 Å². The summed E-state index contributed by atoms with van der Waals surface area (Å²) in [5.41, 5.74) is 5.66. The minimum Gasteiger partial charge on any atom is -0.375 e. The van der Waals surface area contributed by atoms with Crippen LogP contribution in [0.25, 0.3) is 0 Å². The van der Waals surface area contributed by atoms with E-state index >= 15 is 0 Å². The van der Waals surface area contributed by atoms with Crippen molar-refractivity contribution in [3.8, 4) is 0 Å². The van der Waals surface area contributed by atoms with Gasteiger partial charge in [0.05, 0.1) is 12.7 Å². The second kappa shape index (κ2) is 7.05. The largest absolute Gasteiger partial charge is 0.375 e. The number of amides is 1. The van der Waals surface area contributed by atoms with Gasteiger partial charge in [0.2, 0.25) is 5.91 Å². The first-order valence-corrected chi connectivity index (χ1v) is 7.79. The molecule has 1 aliphatic carbocycles. The summed E-state index contributed by atoms with van der Waals surface area (Å²) in [6, 6.07) is 9.76. The van der Waals surface area contributed by atoms with Crippen molar-refractivity contribution >= 4 is 5.91 Å². The maximum Gasteiger partial charge on any atom is 0.244 e. The van der Waals surface area contributed by atoms with Gasteiger partial charge >= 0.3 is 0 Å². The highest BCUT2D eigenvalue weighted by Crippen LogP contribution is 2.27. The number of hydrogen-bond donors (Lipinski definition) is 2. The highest BCUT2D eigenvalue weighted by molar-refractivity contribution is 5.86. The Morgan fingerprint density at radius 1 is 1.33 bits per heavy atom. The number of ether oxygens (including phenoxy) is 1. The van der Waals surface area contributed by atoms with Crippen molar-refractivity contribution in [1.82, 2.24) is 5.32 Å². The molecule has 1 aromatic rings. The summed E-state index contributed by atoms with van der Waals surface area (Å²) in [6.45, 7) is 4.31. The second-order valence-corrected chi connectivity index (χ2v) is 6.15. The van der Waals surface area contributed by atoms with E-state index in [4.69, 9.17) is 10.5 Å². The summed E-state index contributed by atoms with van der Waals surface area (Å²) in [5.74, 6) is -0.389. The fraction of sp³-hybridized carbons (Fsp3) is 0.588. The maximum atomic E-state index is 12.2. The van der Waals surface area contributed by atoms with E-state index in [0.717, 1.165) is 18.4 Å². The van der Waals surface area contributed by atoms with Crippen LogP contribution in [-0.4, -0.2) is 24.7 Å². The smallest absolute Gasteiger partial charge is 0.244 e. The molecular formula is C17H26N2O2. The van der Waals surface area contributed by atoms with Crippen LogP contribution in [0.1, 0.15) is 45.1 Å². The van der Waals surface area contributed by atoms with Crippen molar-refractivity contribution < 1.29 is 9.53 Å². The van der Waals surface area contributed by atoms with Gasteiger partial charge in [-0.2, -0.15) is 0 Å². The Balaban J connectivity index is 2.24. The van der Waals surface area contributed by atoms with E-state index in [1.807, 2.05) is 44.2 Å². The van der Waals surface area contributed by atoms with Gasteiger partial charge in [-0.3, -0.25) is 10.1 Å². The molecule has 0 bridgehead atoms. The van der Waals surface area contributed by atoms with Gasteiger partial charge in [-0.25, -0.2) is 0 Å². The van der Waals surface area contributed by atoms with E-state index in [0.29, 0.717) is 0 Å². The van der Waals surface area contributed by atoms with Crippen LogP contribution >= 0.6 is 0 Å². The first kappa shape index (κ1) is 16.0. The van der Waals surface area contributed by atoms with Crippen LogP contribution in [0, 0.1) is 0 Å². The van der Waals surface area contributed by atoms with Crippen LogP contribution in [0.3, 0.4) is 0 Å². The van der Waals surface area contributed by atoms with E-state index < -0.39 is 5.54 Å². The van der Waals surface area contributed by atoms with E-state index in [-0.39, 0.29) is 24.7 Å². The Kier molecular flexibility index (Phi) is 5.37. The van der Waals surface area contributed by atoms with Crippen LogP contribution in [0.4, 0.5) is 0 Å². The van der Waals surface area contributed by atoms with Crippen LogP contribution in [-0.2, 0) is 15.1 Å². The van der Waals surface area contributed by atoms with Crippen molar-refractivity contribution in [2.75, 3.05) is 6.61 Å². The average molecular weight is 290 g/mol. The van der Waals surface area contributed by atoms with Gasteiger partial charge in [0, 0.05) is 6.04 Å². The van der Waals surface area contributed by atoms with Crippen molar-refractivity contribution in [1.29, 1.82) is 0 Å². The van der Waals surface area contributed by atoms with Crippen LogP contribution in [0.15, 0.2) is 30.3 Å². The van der Waals surface area contributed by atoms with Gasteiger partial charge in [0.25, 0.3) is 0 Å². The molecule has 0 spiro atoms. The summed E-state index contributed by atoms with van der Waals surface area (Å²) in [6.07, 6.45) is 4.81. The van der Waals surface area contributed by atoms with Gasteiger partial charge in [-0.05, 0) is 32.3 Å². The number of hydrogen-bond acceptors (Lipinski definition) is 3. The van der Waals surface area contributed by atoms with Crippen molar-refractivity contribution in [3.63, 3.8) is 0 Å². The van der Waals surface area contributed by atoms with Crippen LogP contribution < -0.4 is 11.1 Å². The molecule has 21 heavy (non-hydrogen) atoms. The molecule has 116 valence electrons. The highest BCUT2D eigenvalue weighted by atomic mass is 16.5. The summed E-state index contributed by atoms with van der Waals surface area (Å²) >= 11 is 0. The minimum absolute atomic E-state index is 0.130. The predicted octanol–water partition coefficient (Wildman–Crippen LogP) is 2.32. The molecule has 2 rings (SSSR count). The molecule has 0 heterocycles. The summed E-state index contributed by atoms with van der Waals surface area (Å²) in [5, 5.41) is 3.33.